The number of Topliss-reactive ketones (excluding diaryl/α,β-unsaturated/α-hetero) is 2. The molecule has 1 aromatic carbocycles. The lowest BCUT2D eigenvalue weighted by Gasteiger charge is -2.02. The van der Waals surface area contributed by atoms with Gasteiger partial charge in [0, 0.05) is 11.1 Å². The van der Waals surface area contributed by atoms with E-state index in [0.717, 1.165) is 0 Å². The second-order valence-electron chi connectivity index (χ2n) is 3.31. The third-order valence-corrected chi connectivity index (χ3v) is 2.50. The Morgan fingerprint density at radius 1 is 1.25 bits per heavy atom. The minimum Gasteiger partial charge on any atom is -0.448 e. The molecule has 0 saturated carbocycles. The zero-order valence-corrected chi connectivity index (χ0v) is 8.30. The molecule has 2 rings (SSSR count). The van der Waals surface area contributed by atoms with Gasteiger partial charge in [0.2, 0.25) is 17.7 Å². The molecule has 0 N–H and O–H groups in total. The van der Waals surface area contributed by atoms with Crippen LogP contribution in [-0.2, 0) is 9.53 Å². The topological polar surface area (TPSA) is 60.4 Å². The summed E-state index contributed by atoms with van der Waals surface area (Å²) in [6, 6.07) is 4.88. The van der Waals surface area contributed by atoms with Crippen LogP contribution in [0.1, 0.15) is 26.3 Å². The van der Waals surface area contributed by atoms with Crippen LogP contribution in [0, 0.1) is 0 Å². The first-order chi connectivity index (χ1) is 7.70. The molecule has 0 amide bonds. The highest BCUT2D eigenvalue weighted by molar-refractivity contribution is 6.30. The van der Waals surface area contributed by atoms with Crippen LogP contribution in [0.2, 0.25) is 0 Å². The van der Waals surface area contributed by atoms with Gasteiger partial charge in [-0.05, 0) is 5.56 Å². The zero-order valence-electron chi connectivity index (χ0n) is 8.30. The number of carbonyl (C=O) groups is 3. The standard InChI is InChI=1S/C12H8O4/c1-2-7-4-3-5-8-9(7)11(15)12(10(8)14)16-6-13/h2-6,12H,1H2. The van der Waals surface area contributed by atoms with Gasteiger partial charge in [-0.25, -0.2) is 0 Å². The molecule has 0 fully saturated rings. The van der Waals surface area contributed by atoms with Crippen molar-refractivity contribution in [3.8, 4) is 0 Å². The fourth-order valence-corrected chi connectivity index (χ4v) is 1.79. The summed E-state index contributed by atoms with van der Waals surface area (Å²) >= 11 is 0. The highest BCUT2D eigenvalue weighted by Gasteiger charge is 2.41. The minimum absolute atomic E-state index is 0.111. The van der Waals surface area contributed by atoms with E-state index < -0.39 is 17.7 Å². The Labute approximate surface area is 91.5 Å². The number of benzene rings is 1. The zero-order chi connectivity index (χ0) is 11.7. The molecule has 0 saturated heterocycles. The molecule has 1 atom stereocenters. The average Bonchev–Trinajstić information content (AvgIpc) is 2.55. The molecule has 0 bridgehead atoms. The summed E-state index contributed by atoms with van der Waals surface area (Å²) < 4.78 is 4.50. The molecule has 1 aromatic rings. The van der Waals surface area contributed by atoms with Crippen molar-refractivity contribution < 1.29 is 19.1 Å². The van der Waals surface area contributed by atoms with Crippen molar-refractivity contribution in [2.75, 3.05) is 0 Å². The molecule has 80 valence electrons. The summed E-state index contributed by atoms with van der Waals surface area (Å²) in [4.78, 5) is 33.8. The number of fused-ring (bicyclic) bond motifs is 1. The van der Waals surface area contributed by atoms with Gasteiger partial charge in [-0.15, -0.1) is 0 Å². The summed E-state index contributed by atoms with van der Waals surface area (Å²) in [5.41, 5.74) is 1.15. The Kier molecular flexibility index (Phi) is 2.40. The molecule has 0 spiro atoms. The summed E-state index contributed by atoms with van der Waals surface area (Å²) in [7, 11) is 0. The normalized spacial score (nSPS) is 18.1. The highest BCUT2D eigenvalue weighted by atomic mass is 16.5. The molecule has 0 aromatic heterocycles. The number of hydrogen-bond donors (Lipinski definition) is 0. The average molecular weight is 216 g/mol. The highest BCUT2D eigenvalue weighted by Crippen LogP contribution is 2.27. The van der Waals surface area contributed by atoms with Crippen molar-refractivity contribution in [3.05, 3.63) is 41.5 Å². The smallest absolute Gasteiger partial charge is 0.294 e. The Bertz CT molecular complexity index is 502. The van der Waals surface area contributed by atoms with Crippen LogP contribution in [0.5, 0.6) is 0 Å². The second kappa shape index (κ2) is 3.73. The lowest BCUT2D eigenvalue weighted by molar-refractivity contribution is -0.130. The van der Waals surface area contributed by atoms with Crippen LogP contribution in [-0.4, -0.2) is 24.1 Å². The van der Waals surface area contributed by atoms with E-state index in [4.69, 9.17) is 0 Å². The Morgan fingerprint density at radius 3 is 2.62 bits per heavy atom. The molecule has 0 radical (unpaired) electrons. The molecule has 1 aliphatic carbocycles. The van der Waals surface area contributed by atoms with E-state index in [1.807, 2.05) is 0 Å². The van der Waals surface area contributed by atoms with E-state index in [2.05, 4.69) is 11.3 Å². The van der Waals surface area contributed by atoms with E-state index in [9.17, 15) is 14.4 Å². The predicted molar refractivity (Wildman–Crippen MR) is 56.1 cm³/mol. The van der Waals surface area contributed by atoms with Crippen LogP contribution in [0.3, 0.4) is 0 Å². The molecule has 1 aliphatic rings. The van der Waals surface area contributed by atoms with E-state index >= 15 is 0 Å². The van der Waals surface area contributed by atoms with Crippen molar-refractivity contribution in [3.63, 3.8) is 0 Å². The number of ketones is 2. The lowest BCUT2D eigenvalue weighted by Crippen LogP contribution is -2.25. The van der Waals surface area contributed by atoms with Gasteiger partial charge in [0.1, 0.15) is 0 Å². The molecule has 0 aliphatic heterocycles. The SMILES string of the molecule is C=Cc1cccc2c1C(=O)C(OC=O)C2=O. The Balaban J connectivity index is 2.59. The third kappa shape index (κ3) is 1.27. The fraction of sp³-hybridized carbons (Fsp3) is 0.0833. The largest absolute Gasteiger partial charge is 0.448 e. The molecule has 4 nitrogen and oxygen atoms in total. The van der Waals surface area contributed by atoms with Crippen LogP contribution >= 0.6 is 0 Å². The van der Waals surface area contributed by atoms with Crippen molar-refractivity contribution in [1.29, 1.82) is 0 Å². The summed E-state index contributed by atoms with van der Waals surface area (Å²) in [6.07, 6.45) is 0.168. The van der Waals surface area contributed by atoms with E-state index in [1.54, 1.807) is 12.1 Å². The number of hydrogen-bond acceptors (Lipinski definition) is 4. The van der Waals surface area contributed by atoms with Crippen molar-refractivity contribution in [2.45, 2.75) is 6.10 Å². The van der Waals surface area contributed by atoms with Gasteiger partial charge in [0.25, 0.3) is 6.47 Å². The molecule has 1 unspecified atom stereocenters. The van der Waals surface area contributed by atoms with Gasteiger partial charge in [-0.3, -0.25) is 14.4 Å². The van der Waals surface area contributed by atoms with Gasteiger partial charge in [-0.2, -0.15) is 0 Å². The van der Waals surface area contributed by atoms with Crippen LogP contribution in [0.15, 0.2) is 24.8 Å². The van der Waals surface area contributed by atoms with Gasteiger partial charge in [0.15, 0.2) is 0 Å². The van der Waals surface area contributed by atoms with Gasteiger partial charge >= 0.3 is 0 Å². The van der Waals surface area contributed by atoms with Crippen molar-refractivity contribution in [1.82, 2.24) is 0 Å². The van der Waals surface area contributed by atoms with Crippen LogP contribution in [0.4, 0.5) is 0 Å². The molecular weight excluding hydrogens is 208 g/mol. The second-order valence-corrected chi connectivity index (χ2v) is 3.31. The van der Waals surface area contributed by atoms with Crippen LogP contribution < -0.4 is 0 Å². The van der Waals surface area contributed by atoms with E-state index in [-0.39, 0.29) is 17.6 Å². The van der Waals surface area contributed by atoms with E-state index in [0.29, 0.717) is 5.56 Å². The number of rotatable bonds is 3. The van der Waals surface area contributed by atoms with Gasteiger partial charge < -0.3 is 4.74 Å². The Hall–Kier alpha value is -2.23. The maximum atomic E-state index is 11.8. The summed E-state index contributed by atoms with van der Waals surface area (Å²) in [5, 5.41) is 0. The van der Waals surface area contributed by atoms with Gasteiger partial charge in [-0.1, -0.05) is 30.9 Å². The Morgan fingerprint density at radius 2 is 2.00 bits per heavy atom. The fourth-order valence-electron chi connectivity index (χ4n) is 1.79. The minimum atomic E-state index is -1.33. The van der Waals surface area contributed by atoms with Crippen LogP contribution in [0.25, 0.3) is 6.08 Å². The molecule has 16 heavy (non-hydrogen) atoms. The maximum Gasteiger partial charge on any atom is 0.294 e. The number of ether oxygens (including phenoxy) is 1. The lowest BCUT2D eigenvalue weighted by atomic mass is 10.0. The first-order valence-electron chi connectivity index (χ1n) is 4.63. The maximum absolute atomic E-state index is 11.8. The molecule has 0 heterocycles. The monoisotopic (exact) mass is 216 g/mol. The van der Waals surface area contributed by atoms with Gasteiger partial charge in [0.05, 0.1) is 0 Å². The predicted octanol–water partition coefficient (Wildman–Crippen LogP) is 1.25. The first-order valence-corrected chi connectivity index (χ1v) is 4.63. The molecular formula is C12H8O4. The summed E-state index contributed by atoms with van der Waals surface area (Å²) in [6.45, 7) is 3.68. The summed E-state index contributed by atoms with van der Waals surface area (Å²) in [5.74, 6) is -0.960. The first kappa shape index (κ1) is 10.3. The van der Waals surface area contributed by atoms with E-state index in [1.165, 1.54) is 12.1 Å². The quantitative estimate of drug-likeness (QED) is 0.563. The third-order valence-electron chi connectivity index (χ3n) is 2.50. The van der Waals surface area contributed by atoms with Crippen molar-refractivity contribution >= 4 is 24.1 Å². The number of carbonyl (C=O) groups excluding carboxylic acids is 3. The van der Waals surface area contributed by atoms with Crippen molar-refractivity contribution in [2.24, 2.45) is 0 Å². The molecule has 4 heteroatoms.